The first-order valence-corrected chi connectivity index (χ1v) is 11.9. The maximum Gasteiger partial charge on any atom is 0.257 e. The fourth-order valence-corrected chi connectivity index (χ4v) is 5.92. The van der Waals surface area contributed by atoms with Crippen LogP contribution in [-0.2, 0) is 14.3 Å². The number of carbonyl (C=O) groups excluding carboxylic acids is 3. The third kappa shape index (κ3) is 3.34. The summed E-state index contributed by atoms with van der Waals surface area (Å²) in [5.41, 5.74) is 3.49. The molecule has 4 aliphatic rings. The van der Waals surface area contributed by atoms with Crippen molar-refractivity contribution in [3.05, 3.63) is 65.7 Å². The molecule has 174 valence electrons. The molecule has 2 aromatic carbocycles. The average Bonchev–Trinajstić information content (AvgIpc) is 3.54. The van der Waals surface area contributed by atoms with Gasteiger partial charge in [-0.15, -0.1) is 0 Å². The van der Waals surface area contributed by atoms with Gasteiger partial charge in [0.1, 0.15) is 0 Å². The summed E-state index contributed by atoms with van der Waals surface area (Å²) in [6.07, 6.45) is 5.06. The zero-order chi connectivity index (χ0) is 23.4. The Morgan fingerprint density at radius 2 is 1.59 bits per heavy atom. The second kappa shape index (κ2) is 8.09. The Kier molecular flexibility index (Phi) is 5.03. The number of carbonyl (C=O) groups is 3. The van der Waals surface area contributed by atoms with E-state index in [2.05, 4.69) is 22.4 Å². The lowest BCUT2D eigenvalue weighted by atomic mass is 9.85. The third-order valence-corrected chi connectivity index (χ3v) is 7.61. The molecular weight excluding hydrogens is 430 g/mol. The molecule has 6 rings (SSSR count). The largest absolute Gasteiger partial charge is 0.378 e. The maximum atomic E-state index is 13.4. The van der Waals surface area contributed by atoms with Crippen molar-refractivity contribution in [2.75, 3.05) is 41.4 Å². The van der Waals surface area contributed by atoms with E-state index in [1.807, 2.05) is 37.3 Å². The molecule has 0 radical (unpaired) electrons. The van der Waals surface area contributed by atoms with Gasteiger partial charge in [-0.3, -0.25) is 14.4 Å². The smallest absolute Gasteiger partial charge is 0.257 e. The molecule has 3 fully saturated rings. The van der Waals surface area contributed by atoms with Crippen LogP contribution in [0.4, 0.5) is 17.1 Å². The molecule has 2 bridgehead atoms. The Hall–Kier alpha value is -3.45. The summed E-state index contributed by atoms with van der Waals surface area (Å²) in [6.45, 7) is 4.51. The minimum atomic E-state index is -0.272. The van der Waals surface area contributed by atoms with E-state index in [4.69, 9.17) is 4.74 Å². The van der Waals surface area contributed by atoms with Gasteiger partial charge < -0.3 is 15.0 Å². The number of aryl methyl sites for hydroxylation is 1. The van der Waals surface area contributed by atoms with E-state index in [-0.39, 0.29) is 41.4 Å². The number of morpholine rings is 1. The number of fused-ring (bicyclic) bond motifs is 5. The number of rotatable bonds is 4. The number of hydrogen-bond donors (Lipinski definition) is 1. The van der Waals surface area contributed by atoms with E-state index in [1.54, 1.807) is 12.1 Å². The van der Waals surface area contributed by atoms with Gasteiger partial charge in [0.05, 0.1) is 36.3 Å². The second-order valence-corrected chi connectivity index (χ2v) is 9.63. The number of ether oxygens (including phenoxy) is 1. The van der Waals surface area contributed by atoms with Crippen LogP contribution >= 0.6 is 0 Å². The van der Waals surface area contributed by atoms with Crippen molar-refractivity contribution >= 4 is 34.8 Å². The summed E-state index contributed by atoms with van der Waals surface area (Å²) >= 11 is 0. The molecule has 2 aliphatic heterocycles. The Morgan fingerprint density at radius 3 is 2.24 bits per heavy atom. The molecule has 2 aliphatic carbocycles. The lowest BCUT2D eigenvalue weighted by Crippen LogP contribution is -2.38. The zero-order valence-electron chi connectivity index (χ0n) is 19.1. The van der Waals surface area contributed by atoms with Crippen LogP contribution in [0.1, 0.15) is 22.3 Å². The Labute approximate surface area is 198 Å². The lowest BCUT2D eigenvalue weighted by molar-refractivity contribution is -0.123. The lowest BCUT2D eigenvalue weighted by Gasteiger charge is -2.31. The molecule has 2 aromatic rings. The number of amides is 3. The highest BCUT2D eigenvalue weighted by atomic mass is 16.5. The Balaban J connectivity index is 1.35. The van der Waals surface area contributed by atoms with Gasteiger partial charge in [0.2, 0.25) is 11.8 Å². The van der Waals surface area contributed by atoms with Crippen LogP contribution in [-0.4, -0.2) is 44.0 Å². The van der Waals surface area contributed by atoms with E-state index in [0.29, 0.717) is 43.2 Å². The van der Waals surface area contributed by atoms with E-state index < -0.39 is 0 Å². The van der Waals surface area contributed by atoms with Gasteiger partial charge in [-0.2, -0.15) is 0 Å². The molecule has 2 saturated heterocycles. The Morgan fingerprint density at radius 1 is 0.941 bits per heavy atom. The molecule has 7 nitrogen and oxygen atoms in total. The highest BCUT2D eigenvalue weighted by molar-refractivity contribution is 6.23. The molecular formula is C27H27N3O4. The summed E-state index contributed by atoms with van der Waals surface area (Å²) in [6, 6.07) is 13.0. The molecule has 7 heteroatoms. The SMILES string of the molecule is Cc1ccc(NC(=O)c2cc(N3C(=O)[C@@H]4[C@@H](C3=O)[C@H]3C=C[C@H]4C3)ccc2N2CCOCC2)cc1. The summed E-state index contributed by atoms with van der Waals surface area (Å²) in [5, 5.41) is 2.97. The highest BCUT2D eigenvalue weighted by Crippen LogP contribution is 2.53. The number of hydrogen-bond acceptors (Lipinski definition) is 5. The number of benzene rings is 2. The maximum absolute atomic E-state index is 13.4. The van der Waals surface area contributed by atoms with Crippen molar-refractivity contribution in [2.24, 2.45) is 23.7 Å². The third-order valence-electron chi connectivity index (χ3n) is 7.61. The molecule has 0 unspecified atom stereocenters. The van der Waals surface area contributed by atoms with Gasteiger partial charge in [-0.25, -0.2) is 4.90 Å². The van der Waals surface area contributed by atoms with Gasteiger partial charge in [0.15, 0.2) is 0 Å². The van der Waals surface area contributed by atoms with Gasteiger partial charge >= 0.3 is 0 Å². The van der Waals surface area contributed by atoms with Crippen LogP contribution < -0.4 is 15.1 Å². The normalized spacial score (nSPS) is 27.4. The number of allylic oxidation sites excluding steroid dienone is 2. The molecule has 1 saturated carbocycles. The molecule has 0 spiro atoms. The highest BCUT2D eigenvalue weighted by Gasteiger charge is 2.59. The van der Waals surface area contributed by atoms with Crippen molar-refractivity contribution in [3.8, 4) is 0 Å². The quantitative estimate of drug-likeness (QED) is 0.563. The van der Waals surface area contributed by atoms with Crippen LogP contribution in [0.3, 0.4) is 0 Å². The van der Waals surface area contributed by atoms with Gasteiger partial charge in [-0.1, -0.05) is 29.8 Å². The predicted octanol–water partition coefficient (Wildman–Crippen LogP) is 3.40. The van der Waals surface area contributed by atoms with Crippen LogP contribution in [0, 0.1) is 30.6 Å². The number of nitrogens with one attached hydrogen (secondary N) is 1. The molecule has 34 heavy (non-hydrogen) atoms. The minimum absolute atomic E-state index is 0.143. The van der Waals surface area contributed by atoms with Crippen LogP contribution in [0.15, 0.2) is 54.6 Å². The van der Waals surface area contributed by atoms with Crippen LogP contribution in [0.2, 0.25) is 0 Å². The zero-order valence-corrected chi connectivity index (χ0v) is 19.1. The topological polar surface area (TPSA) is 79.0 Å². The van der Waals surface area contributed by atoms with Gasteiger partial charge in [-0.05, 0) is 55.5 Å². The Bertz CT molecular complexity index is 1170. The van der Waals surface area contributed by atoms with Crippen molar-refractivity contribution in [1.29, 1.82) is 0 Å². The van der Waals surface area contributed by atoms with E-state index in [9.17, 15) is 14.4 Å². The van der Waals surface area contributed by atoms with E-state index in [1.165, 1.54) is 4.90 Å². The van der Waals surface area contributed by atoms with Crippen molar-refractivity contribution in [3.63, 3.8) is 0 Å². The average molecular weight is 458 g/mol. The van der Waals surface area contributed by atoms with Gasteiger partial charge in [0, 0.05) is 24.5 Å². The summed E-state index contributed by atoms with van der Waals surface area (Å²) < 4.78 is 5.48. The van der Waals surface area contributed by atoms with Gasteiger partial charge in [0.25, 0.3) is 5.91 Å². The van der Waals surface area contributed by atoms with Crippen molar-refractivity contribution in [1.82, 2.24) is 0 Å². The fraction of sp³-hybridized carbons (Fsp3) is 0.370. The number of nitrogens with zero attached hydrogens (tertiary/aromatic N) is 2. The standard InChI is InChI=1S/C27H27N3O4/c1-16-2-6-19(7-3-16)28-25(31)21-15-20(8-9-22(21)29-10-12-34-13-11-29)30-26(32)23-17-4-5-18(14-17)24(23)27(30)33/h2-9,15,17-18,23-24H,10-14H2,1H3,(H,28,31)/t17-,18-,23-,24-/m0/s1. The van der Waals surface area contributed by atoms with Crippen LogP contribution in [0.5, 0.6) is 0 Å². The molecule has 1 N–H and O–H groups in total. The van der Waals surface area contributed by atoms with E-state index >= 15 is 0 Å². The number of anilines is 3. The molecule has 2 heterocycles. The monoisotopic (exact) mass is 457 g/mol. The van der Waals surface area contributed by atoms with Crippen molar-refractivity contribution < 1.29 is 19.1 Å². The summed E-state index contributed by atoms with van der Waals surface area (Å²) in [7, 11) is 0. The second-order valence-electron chi connectivity index (χ2n) is 9.63. The summed E-state index contributed by atoms with van der Waals surface area (Å²) in [5.74, 6) is -0.806. The molecule has 3 amide bonds. The van der Waals surface area contributed by atoms with Crippen molar-refractivity contribution in [2.45, 2.75) is 13.3 Å². The first-order valence-electron chi connectivity index (χ1n) is 11.9. The fourth-order valence-electron chi connectivity index (χ4n) is 5.92. The van der Waals surface area contributed by atoms with Crippen LogP contribution in [0.25, 0.3) is 0 Å². The molecule has 0 aromatic heterocycles. The predicted molar refractivity (Wildman–Crippen MR) is 129 cm³/mol. The first-order chi connectivity index (χ1) is 16.5. The summed E-state index contributed by atoms with van der Waals surface area (Å²) in [4.78, 5) is 43.5. The molecule has 4 atom stereocenters. The van der Waals surface area contributed by atoms with E-state index in [0.717, 1.165) is 17.7 Å². The number of imide groups is 1. The minimum Gasteiger partial charge on any atom is -0.378 e. The first kappa shape index (κ1) is 21.1.